The summed E-state index contributed by atoms with van der Waals surface area (Å²) in [5, 5.41) is 0. The average molecular weight is 127 g/mol. The van der Waals surface area contributed by atoms with Gasteiger partial charge in [-0.05, 0) is 5.92 Å². The Balaban J connectivity index is 3.59. The van der Waals surface area contributed by atoms with Crippen LogP contribution in [-0.2, 0) is 0 Å². The topological polar surface area (TPSA) is 26.0 Å². The molecule has 9 heavy (non-hydrogen) atoms. The highest BCUT2D eigenvalue weighted by atomic mass is 15.3. The van der Waals surface area contributed by atoms with Gasteiger partial charge >= 0.3 is 0 Å². The van der Waals surface area contributed by atoms with Crippen molar-refractivity contribution in [3.05, 3.63) is 0 Å². The predicted molar refractivity (Wildman–Crippen MR) is 39.7 cm³/mol. The second kappa shape index (κ2) is 3.49. The summed E-state index contributed by atoms with van der Waals surface area (Å²) in [7, 11) is 4.15. The number of hydrogen-bond donors (Lipinski definition) is 1. The molecule has 2 nitrogen and oxygen atoms in total. The van der Waals surface area contributed by atoms with Gasteiger partial charge in [0.2, 0.25) is 0 Å². The third-order valence-electron chi connectivity index (χ3n) is 1.25. The van der Waals surface area contributed by atoms with Gasteiger partial charge in [-0.15, -0.1) is 6.42 Å². The van der Waals surface area contributed by atoms with Gasteiger partial charge < -0.3 is 10.2 Å². The summed E-state index contributed by atoms with van der Waals surface area (Å²) >= 11 is 0. The molecule has 0 radical (unpaired) electrons. The first-order valence-corrected chi connectivity index (χ1v) is 3.08. The molecular weight excluding hydrogens is 112 g/mol. The smallest absolute Gasteiger partial charge is 0.140 e. The van der Waals surface area contributed by atoms with Crippen molar-refractivity contribution in [1.82, 2.24) is 0 Å². The van der Waals surface area contributed by atoms with Crippen molar-refractivity contribution in [2.75, 3.05) is 33.7 Å². The second-order valence-corrected chi connectivity index (χ2v) is 2.81. The van der Waals surface area contributed by atoms with Crippen molar-refractivity contribution in [2.24, 2.45) is 5.73 Å². The first-order chi connectivity index (χ1) is 4.12. The van der Waals surface area contributed by atoms with Crippen LogP contribution in [-0.4, -0.2) is 38.2 Å². The van der Waals surface area contributed by atoms with Gasteiger partial charge in [0, 0.05) is 6.54 Å². The van der Waals surface area contributed by atoms with E-state index in [9.17, 15) is 0 Å². The summed E-state index contributed by atoms with van der Waals surface area (Å²) in [5.74, 6) is 2.61. The molecule has 52 valence electrons. The van der Waals surface area contributed by atoms with E-state index in [1.165, 1.54) is 0 Å². The fraction of sp³-hybridized carbons (Fsp3) is 0.714. The van der Waals surface area contributed by atoms with Crippen LogP contribution in [0.5, 0.6) is 0 Å². The van der Waals surface area contributed by atoms with E-state index in [2.05, 4.69) is 20.0 Å². The molecule has 0 amide bonds. The van der Waals surface area contributed by atoms with Crippen LogP contribution in [0.2, 0.25) is 0 Å². The van der Waals surface area contributed by atoms with E-state index in [1.807, 2.05) is 0 Å². The van der Waals surface area contributed by atoms with Gasteiger partial charge in [-0.1, -0.05) is 0 Å². The van der Waals surface area contributed by atoms with E-state index in [4.69, 9.17) is 12.2 Å². The maximum atomic E-state index is 5.36. The molecule has 2 heteroatoms. The second-order valence-electron chi connectivity index (χ2n) is 2.81. The Labute approximate surface area is 57.2 Å². The molecule has 0 aliphatic rings. The minimum Gasteiger partial charge on any atom is -0.326 e. The van der Waals surface area contributed by atoms with Crippen molar-refractivity contribution < 1.29 is 4.48 Å². The van der Waals surface area contributed by atoms with Crippen molar-refractivity contribution in [3.8, 4) is 12.3 Å². The average Bonchev–Trinajstić information content (AvgIpc) is 1.64. The standard InChI is InChI=1S/C7H15N2/c1-4-6-9(2,3)7-5-8/h1H,5-8H2,2-3H3/q+1. The number of terminal acetylenes is 1. The molecule has 0 bridgehead atoms. The zero-order valence-electron chi connectivity index (χ0n) is 6.22. The number of nitrogens with two attached hydrogens (primary N) is 1. The van der Waals surface area contributed by atoms with Gasteiger partial charge in [0.15, 0.2) is 0 Å². The van der Waals surface area contributed by atoms with Crippen LogP contribution >= 0.6 is 0 Å². The number of nitrogens with zero attached hydrogens (tertiary/aromatic N) is 1. The van der Waals surface area contributed by atoms with Crippen molar-refractivity contribution in [1.29, 1.82) is 0 Å². The summed E-state index contributed by atoms with van der Waals surface area (Å²) in [4.78, 5) is 0. The lowest BCUT2D eigenvalue weighted by atomic mass is 10.4. The zero-order valence-corrected chi connectivity index (χ0v) is 6.22. The molecule has 0 aromatic rings. The highest BCUT2D eigenvalue weighted by Gasteiger charge is 2.09. The van der Waals surface area contributed by atoms with Gasteiger partial charge in [0.1, 0.15) is 6.54 Å². The fourth-order valence-electron chi connectivity index (χ4n) is 0.676. The number of rotatable bonds is 3. The Bertz CT molecular complexity index is 111. The number of hydrogen-bond acceptors (Lipinski definition) is 1. The summed E-state index contributed by atoms with van der Waals surface area (Å²) in [6.45, 7) is 2.41. The minimum atomic E-state index is 0.703. The van der Waals surface area contributed by atoms with Crippen molar-refractivity contribution >= 4 is 0 Å². The maximum absolute atomic E-state index is 5.36. The Hall–Kier alpha value is -0.520. The van der Waals surface area contributed by atoms with Gasteiger partial charge in [-0.2, -0.15) is 0 Å². The van der Waals surface area contributed by atoms with Crippen molar-refractivity contribution in [2.45, 2.75) is 0 Å². The maximum Gasteiger partial charge on any atom is 0.140 e. The van der Waals surface area contributed by atoms with Crippen LogP contribution < -0.4 is 5.73 Å². The molecule has 0 unspecified atom stereocenters. The van der Waals surface area contributed by atoms with Crippen molar-refractivity contribution in [3.63, 3.8) is 0 Å². The quantitative estimate of drug-likeness (QED) is 0.407. The molecule has 0 heterocycles. The third-order valence-corrected chi connectivity index (χ3v) is 1.25. The highest BCUT2D eigenvalue weighted by molar-refractivity contribution is 4.83. The SMILES string of the molecule is C#CC[N+](C)(C)CCN. The van der Waals surface area contributed by atoms with E-state index in [0.717, 1.165) is 17.6 Å². The van der Waals surface area contributed by atoms with Gasteiger partial charge in [0.05, 0.1) is 20.6 Å². The predicted octanol–water partition coefficient (Wildman–Crippen LogP) is -0.345. The summed E-state index contributed by atoms with van der Waals surface area (Å²) in [5.41, 5.74) is 5.36. The molecule has 0 aromatic carbocycles. The summed E-state index contributed by atoms with van der Waals surface area (Å²) in [6, 6.07) is 0. The molecule has 0 aromatic heterocycles. The van der Waals surface area contributed by atoms with E-state index in [-0.39, 0.29) is 0 Å². The van der Waals surface area contributed by atoms with E-state index < -0.39 is 0 Å². The van der Waals surface area contributed by atoms with Crippen LogP contribution in [0, 0.1) is 12.3 Å². The third kappa shape index (κ3) is 4.01. The molecule has 0 saturated heterocycles. The van der Waals surface area contributed by atoms with Crippen LogP contribution in [0.3, 0.4) is 0 Å². The lowest BCUT2D eigenvalue weighted by molar-refractivity contribution is -0.881. The lowest BCUT2D eigenvalue weighted by Gasteiger charge is -2.26. The van der Waals surface area contributed by atoms with Crippen LogP contribution in [0.25, 0.3) is 0 Å². The molecule has 0 spiro atoms. The molecule has 0 atom stereocenters. The summed E-state index contributed by atoms with van der Waals surface area (Å²) in [6.07, 6.45) is 5.14. The van der Waals surface area contributed by atoms with Gasteiger partial charge in [0.25, 0.3) is 0 Å². The highest BCUT2D eigenvalue weighted by Crippen LogP contribution is 1.91. The minimum absolute atomic E-state index is 0.703. The Kier molecular flexibility index (Phi) is 3.29. The van der Waals surface area contributed by atoms with Crippen LogP contribution in [0.15, 0.2) is 0 Å². The number of likely N-dealkylation sites (N-methyl/N-ethyl adjacent to an activating group) is 1. The molecule has 0 fully saturated rings. The first-order valence-electron chi connectivity index (χ1n) is 3.08. The molecule has 0 saturated carbocycles. The Morgan fingerprint density at radius 1 is 1.56 bits per heavy atom. The Morgan fingerprint density at radius 2 is 2.11 bits per heavy atom. The fourth-order valence-corrected chi connectivity index (χ4v) is 0.676. The van der Waals surface area contributed by atoms with Gasteiger partial charge in [-0.25, -0.2) is 0 Å². The molecule has 0 aliphatic heterocycles. The zero-order chi connectivity index (χ0) is 7.33. The van der Waals surface area contributed by atoms with E-state index in [1.54, 1.807) is 0 Å². The molecule has 2 N–H and O–H groups in total. The molecule has 0 aliphatic carbocycles. The van der Waals surface area contributed by atoms with Gasteiger partial charge in [-0.3, -0.25) is 0 Å². The first kappa shape index (κ1) is 8.48. The summed E-state index contributed by atoms with van der Waals surface area (Å²) < 4.78 is 0.826. The van der Waals surface area contributed by atoms with E-state index >= 15 is 0 Å². The van der Waals surface area contributed by atoms with Crippen LogP contribution in [0.1, 0.15) is 0 Å². The lowest BCUT2D eigenvalue weighted by Crippen LogP contribution is -2.43. The number of quaternary nitrogens is 1. The molecule has 0 rings (SSSR count). The molecular formula is C7H15N2+. The van der Waals surface area contributed by atoms with E-state index in [0.29, 0.717) is 6.54 Å². The normalized spacial score (nSPS) is 10.9. The van der Waals surface area contributed by atoms with Crippen LogP contribution in [0.4, 0.5) is 0 Å². The Morgan fingerprint density at radius 3 is 2.44 bits per heavy atom. The largest absolute Gasteiger partial charge is 0.326 e. The monoisotopic (exact) mass is 127 g/mol.